The lowest BCUT2D eigenvalue weighted by Crippen LogP contribution is -2.26. The lowest BCUT2D eigenvalue weighted by atomic mass is 9.98. The third-order valence-corrected chi connectivity index (χ3v) is 4.33. The highest BCUT2D eigenvalue weighted by atomic mass is 15.2. The van der Waals surface area contributed by atoms with Gasteiger partial charge in [0.05, 0.1) is 0 Å². The summed E-state index contributed by atoms with van der Waals surface area (Å²) >= 11 is 0. The number of nitrogens with one attached hydrogen (secondary N) is 1. The van der Waals surface area contributed by atoms with E-state index in [1.165, 1.54) is 37.1 Å². The van der Waals surface area contributed by atoms with E-state index < -0.39 is 0 Å². The Kier molecular flexibility index (Phi) is 5.84. The molecule has 2 heterocycles. The molecule has 3 heteroatoms. The van der Waals surface area contributed by atoms with E-state index in [-0.39, 0.29) is 0 Å². The first kappa shape index (κ1) is 15.3. The molecule has 0 radical (unpaired) electrons. The molecule has 2 rings (SSSR count). The fourth-order valence-electron chi connectivity index (χ4n) is 3.06. The average Bonchev–Trinajstić information content (AvgIpc) is 2.70. The highest BCUT2D eigenvalue weighted by molar-refractivity contribution is 5.42. The normalized spacial score (nSPS) is 19.9. The molecule has 3 nitrogen and oxygen atoms in total. The van der Waals surface area contributed by atoms with Crippen molar-refractivity contribution in [3.05, 3.63) is 23.4 Å². The number of hydrogen-bond donors (Lipinski definition) is 1. The molecule has 1 fully saturated rings. The van der Waals surface area contributed by atoms with Crippen LogP contribution in [-0.2, 0) is 6.54 Å². The molecular weight excluding hydrogens is 246 g/mol. The van der Waals surface area contributed by atoms with Crippen LogP contribution < -0.4 is 10.2 Å². The predicted octanol–water partition coefficient (Wildman–Crippen LogP) is 3.52. The van der Waals surface area contributed by atoms with E-state index in [2.05, 4.69) is 43.1 Å². The number of anilines is 1. The van der Waals surface area contributed by atoms with Crippen molar-refractivity contribution < 1.29 is 0 Å². The van der Waals surface area contributed by atoms with Crippen LogP contribution in [0.15, 0.2) is 12.1 Å². The van der Waals surface area contributed by atoms with Crippen LogP contribution in [0, 0.1) is 12.8 Å². The molecule has 112 valence electrons. The smallest absolute Gasteiger partial charge is 0.129 e. The molecule has 1 saturated heterocycles. The van der Waals surface area contributed by atoms with Crippen LogP contribution in [0.1, 0.15) is 50.8 Å². The highest BCUT2D eigenvalue weighted by Crippen LogP contribution is 2.24. The molecule has 1 unspecified atom stereocenters. The van der Waals surface area contributed by atoms with E-state index in [1.54, 1.807) is 0 Å². The molecular formula is C17H29N3. The van der Waals surface area contributed by atoms with Gasteiger partial charge in [0.2, 0.25) is 0 Å². The van der Waals surface area contributed by atoms with Gasteiger partial charge in [0.25, 0.3) is 0 Å². The molecule has 0 amide bonds. The van der Waals surface area contributed by atoms with E-state index in [9.17, 15) is 0 Å². The maximum Gasteiger partial charge on any atom is 0.129 e. The predicted molar refractivity (Wildman–Crippen MR) is 86.2 cm³/mol. The minimum Gasteiger partial charge on any atom is -0.357 e. The number of pyridine rings is 1. The van der Waals surface area contributed by atoms with Crippen LogP contribution in [0.25, 0.3) is 0 Å². The topological polar surface area (TPSA) is 28.2 Å². The van der Waals surface area contributed by atoms with Crippen LogP contribution in [0.3, 0.4) is 0 Å². The van der Waals surface area contributed by atoms with Gasteiger partial charge in [-0.1, -0.05) is 20.3 Å². The second kappa shape index (κ2) is 7.63. The summed E-state index contributed by atoms with van der Waals surface area (Å²) in [7, 11) is 0. The zero-order chi connectivity index (χ0) is 14.4. The van der Waals surface area contributed by atoms with Gasteiger partial charge in [0, 0.05) is 25.3 Å². The summed E-state index contributed by atoms with van der Waals surface area (Å²) in [5, 5.41) is 3.40. The van der Waals surface area contributed by atoms with Crippen molar-refractivity contribution >= 4 is 5.82 Å². The Labute approximate surface area is 123 Å². The quantitative estimate of drug-likeness (QED) is 0.891. The molecule has 1 N–H and O–H groups in total. The van der Waals surface area contributed by atoms with E-state index in [4.69, 9.17) is 4.98 Å². The molecule has 1 aliphatic rings. The molecule has 1 aromatic heterocycles. The Morgan fingerprint density at radius 3 is 2.85 bits per heavy atom. The second-order valence-electron chi connectivity index (χ2n) is 5.95. The van der Waals surface area contributed by atoms with Gasteiger partial charge >= 0.3 is 0 Å². The van der Waals surface area contributed by atoms with Crippen molar-refractivity contribution in [2.24, 2.45) is 5.92 Å². The number of nitrogens with zero attached hydrogens (tertiary/aromatic N) is 2. The van der Waals surface area contributed by atoms with Gasteiger partial charge in [-0.25, -0.2) is 4.98 Å². The molecule has 20 heavy (non-hydrogen) atoms. The largest absolute Gasteiger partial charge is 0.357 e. The van der Waals surface area contributed by atoms with Crippen LogP contribution in [0.5, 0.6) is 0 Å². The molecule has 0 aliphatic carbocycles. The molecule has 1 aliphatic heterocycles. The highest BCUT2D eigenvalue weighted by Gasteiger charge is 2.17. The van der Waals surface area contributed by atoms with Crippen LogP contribution in [0.2, 0.25) is 0 Å². The minimum atomic E-state index is 0.908. The summed E-state index contributed by atoms with van der Waals surface area (Å²) < 4.78 is 0. The maximum absolute atomic E-state index is 4.76. The Hall–Kier alpha value is -1.09. The van der Waals surface area contributed by atoms with Gasteiger partial charge in [-0.15, -0.1) is 0 Å². The number of aryl methyl sites for hydroxylation is 1. The van der Waals surface area contributed by atoms with Crippen molar-refractivity contribution in [3.8, 4) is 0 Å². The first-order chi connectivity index (χ1) is 9.72. The summed E-state index contributed by atoms with van der Waals surface area (Å²) in [6.45, 7) is 10.8. The van der Waals surface area contributed by atoms with Gasteiger partial charge in [0.1, 0.15) is 5.82 Å². The first-order valence-electron chi connectivity index (χ1n) is 8.16. The molecule has 0 spiro atoms. The van der Waals surface area contributed by atoms with Gasteiger partial charge in [-0.3, -0.25) is 0 Å². The molecule has 0 bridgehead atoms. The monoisotopic (exact) mass is 275 g/mol. The lowest BCUT2D eigenvalue weighted by molar-refractivity contribution is 0.459. The summed E-state index contributed by atoms with van der Waals surface area (Å²) in [5.41, 5.74) is 2.48. The second-order valence-corrected chi connectivity index (χ2v) is 5.95. The van der Waals surface area contributed by atoms with Crippen molar-refractivity contribution in [1.29, 1.82) is 0 Å². The van der Waals surface area contributed by atoms with E-state index in [0.29, 0.717) is 0 Å². The maximum atomic E-state index is 4.76. The van der Waals surface area contributed by atoms with Crippen molar-refractivity contribution in [3.63, 3.8) is 0 Å². The molecule has 1 atom stereocenters. The Morgan fingerprint density at radius 1 is 1.25 bits per heavy atom. The molecule has 0 aromatic carbocycles. The Morgan fingerprint density at radius 2 is 2.10 bits per heavy atom. The third kappa shape index (κ3) is 4.20. The van der Waals surface area contributed by atoms with Gasteiger partial charge in [-0.05, 0) is 56.3 Å². The minimum absolute atomic E-state index is 0.908. The van der Waals surface area contributed by atoms with Crippen molar-refractivity contribution in [2.75, 3.05) is 24.5 Å². The SMILES string of the molecule is CCNCc1cc(C)nc(N2CCCC(CC)CC2)c1. The number of hydrogen-bond acceptors (Lipinski definition) is 3. The third-order valence-electron chi connectivity index (χ3n) is 4.33. The molecule has 0 saturated carbocycles. The molecule has 1 aromatic rings. The fourth-order valence-corrected chi connectivity index (χ4v) is 3.06. The first-order valence-corrected chi connectivity index (χ1v) is 8.16. The summed E-state index contributed by atoms with van der Waals surface area (Å²) in [5.74, 6) is 2.08. The standard InChI is InChI=1S/C17H29N3/c1-4-15-7-6-9-20(10-8-15)17-12-16(13-18-5-2)11-14(3)19-17/h11-12,15,18H,4-10,13H2,1-3H3. The summed E-state index contributed by atoms with van der Waals surface area (Å²) in [4.78, 5) is 7.24. The fraction of sp³-hybridized carbons (Fsp3) is 0.706. The van der Waals surface area contributed by atoms with E-state index in [1.807, 2.05) is 0 Å². The van der Waals surface area contributed by atoms with Crippen LogP contribution >= 0.6 is 0 Å². The van der Waals surface area contributed by atoms with Crippen LogP contribution in [-0.4, -0.2) is 24.6 Å². The van der Waals surface area contributed by atoms with E-state index in [0.717, 1.165) is 37.8 Å². The van der Waals surface area contributed by atoms with Crippen molar-refractivity contribution in [1.82, 2.24) is 10.3 Å². The summed E-state index contributed by atoms with van der Waals surface area (Å²) in [6, 6.07) is 4.46. The Balaban J connectivity index is 2.08. The average molecular weight is 275 g/mol. The van der Waals surface area contributed by atoms with Crippen LogP contribution in [0.4, 0.5) is 5.82 Å². The Bertz CT molecular complexity index is 417. The zero-order valence-corrected chi connectivity index (χ0v) is 13.3. The number of rotatable bonds is 5. The summed E-state index contributed by atoms with van der Waals surface area (Å²) in [6.07, 6.45) is 5.31. The van der Waals surface area contributed by atoms with Gasteiger partial charge < -0.3 is 10.2 Å². The van der Waals surface area contributed by atoms with Crippen molar-refractivity contribution in [2.45, 2.75) is 53.0 Å². The number of aromatic nitrogens is 1. The van der Waals surface area contributed by atoms with Gasteiger partial charge in [0.15, 0.2) is 0 Å². The zero-order valence-electron chi connectivity index (χ0n) is 13.3. The van der Waals surface area contributed by atoms with E-state index >= 15 is 0 Å². The van der Waals surface area contributed by atoms with Gasteiger partial charge in [-0.2, -0.15) is 0 Å². The lowest BCUT2D eigenvalue weighted by Gasteiger charge is -2.23.